The van der Waals surface area contributed by atoms with Gasteiger partial charge in [-0.25, -0.2) is 15.0 Å². The van der Waals surface area contributed by atoms with Crippen LogP contribution in [0.2, 0.25) is 0 Å². The lowest BCUT2D eigenvalue weighted by Gasteiger charge is -2.18. The Morgan fingerprint density at radius 2 is 2.07 bits per heavy atom. The third-order valence-electron chi connectivity index (χ3n) is 3.17. The summed E-state index contributed by atoms with van der Waals surface area (Å²) < 4.78 is 0. The maximum atomic E-state index is 4.53. The number of imidazole rings is 1. The van der Waals surface area contributed by atoms with Crippen molar-refractivity contribution in [2.75, 3.05) is 0 Å². The van der Waals surface area contributed by atoms with E-state index in [-0.39, 0.29) is 0 Å². The quantitative estimate of drug-likeness (QED) is 0.772. The second-order valence-electron chi connectivity index (χ2n) is 4.22. The number of hydrogen-bond acceptors (Lipinski definition) is 3. The molecule has 0 aliphatic heterocycles. The third-order valence-corrected chi connectivity index (χ3v) is 3.17. The number of hydrogen-bond donors (Lipinski definition) is 1. The number of nitrogens with zero attached hydrogens (tertiary/aromatic N) is 3. The van der Waals surface area contributed by atoms with Crippen LogP contribution >= 0.6 is 0 Å². The number of nitrogens with one attached hydrogen (secondary N) is 1. The Hall–Kier alpha value is -1.45. The molecule has 0 bridgehead atoms. The molecule has 0 atom stereocenters. The van der Waals surface area contributed by atoms with Gasteiger partial charge in [0.1, 0.15) is 17.7 Å². The molecular formula is C11H14N4. The Kier molecular flexibility index (Phi) is 2.12. The minimum Gasteiger partial charge on any atom is -0.339 e. The summed E-state index contributed by atoms with van der Waals surface area (Å²) in [6.45, 7) is 0. The fraction of sp³-hybridized carbons (Fsp3) is 0.545. The van der Waals surface area contributed by atoms with Gasteiger partial charge in [0.25, 0.3) is 0 Å². The highest BCUT2D eigenvalue weighted by Gasteiger charge is 2.18. The second-order valence-corrected chi connectivity index (χ2v) is 4.22. The van der Waals surface area contributed by atoms with E-state index in [1.807, 2.05) is 0 Å². The average molecular weight is 202 g/mol. The molecule has 2 aromatic rings. The van der Waals surface area contributed by atoms with E-state index in [0.717, 1.165) is 17.0 Å². The Morgan fingerprint density at radius 1 is 1.20 bits per heavy atom. The van der Waals surface area contributed by atoms with E-state index in [1.165, 1.54) is 32.1 Å². The summed E-state index contributed by atoms with van der Waals surface area (Å²) in [5.74, 6) is 1.71. The highest BCUT2D eigenvalue weighted by molar-refractivity contribution is 5.68. The number of H-pyrrole nitrogens is 1. The van der Waals surface area contributed by atoms with E-state index in [4.69, 9.17) is 0 Å². The zero-order valence-corrected chi connectivity index (χ0v) is 8.61. The van der Waals surface area contributed by atoms with Gasteiger partial charge in [-0.2, -0.15) is 0 Å². The first-order valence-corrected chi connectivity index (χ1v) is 5.59. The van der Waals surface area contributed by atoms with Gasteiger partial charge in [0.05, 0.1) is 6.20 Å². The fourth-order valence-corrected chi connectivity index (χ4v) is 2.35. The normalized spacial score (nSPS) is 18.4. The van der Waals surface area contributed by atoms with Crippen molar-refractivity contribution in [3.8, 4) is 0 Å². The van der Waals surface area contributed by atoms with Crippen molar-refractivity contribution in [1.82, 2.24) is 19.9 Å². The van der Waals surface area contributed by atoms with Crippen LogP contribution < -0.4 is 0 Å². The molecule has 0 saturated heterocycles. The summed E-state index contributed by atoms with van der Waals surface area (Å²) in [5.41, 5.74) is 1.75. The van der Waals surface area contributed by atoms with Gasteiger partial charge in [0, 0.05) is 5.92 Å². The molecule has 4 nitrogen and oxygen atoms in total. The van der Waals surface area contributed by atoms with Crippen molar-refractivity contribution in [2.45, 2.75) is 38.0 Å². The molecule has 0 unspecified atom stereocenters. The topological polar surface area (TPSA) is 54.5 Å². The molecular weight excluding hydrogens is 188 g/mol. The van der Waals surface area contributed by atoms with Crippen LogP contribution in [0.4, 0.5) is 0 Å². The Morgan fingerprint density at radius 3 is 2.87 bits per heavy atom. The number of aromatic amines is 1. The van der Waals surface area contributed by atoms with E-state index in [9.17, 15) is 0 Å². The summed E-state index contributed by atoms with van der Waals surface area (Å²) in [5, 5.41) is 0. The van der Waals surface area contributed by atoms with Gasteiger partial charge in [-0.05, 0) is 12.8 Å². The van der Waals surface area contributed by atoms with Gasteiger partial charge in [0.15, 0.2) is 5.65 Å². The third kappa shape index (κ3) is 1.60. The summed E-state index contributed by atoms with van der Waals surface area (Å²) >= 11 is 0. The predicted molar refractivity (Wildman–Crippen MR) is 57.5 cm³/mol. The summed E-state index contributed by atoms with van der Waals surface area (Å²) in [4.78, 5) is 16.0. The predicted octanol–water partition coefficient (Wildman–Crippen LogP) is 2.40. The van der Waals surface area contributed by atoms with Gasteiger partial charge < -0.3 is 4.98 Å². The van der Waals surface area contributed by atoms with Gasteiger partial charge in [-0.1, -0.05) is 19.3 Å². The van der Waals surface area contributed by atoms with Crippen molar-refractivity contribution in [3.05, 3.63) is 18.3 Å². The zero-order valence-electron chi connectivity index (χ0n) is 8.61. The fourth-order valence-electron chi connectivity index (χ4n) is 2.35. The molecule has 1 fully saturated rings. The molecule has 0 spiro atoms. The van der Waals surface area contributed by atoms with Crippen LogP contribution in [0.1, 0.15) is 43.8 Å². The Labute approximate surface area is 88.2 Å². The van der Waals surface area contributed by atoms with E-state index in [1.54, 1.807) is 12.5 Å². The van der Waals surface area contributed by atoms with Crippen molar-refractivity contribution in [2.24, 2.45) is 0 Å². The molecule has 4 heteroatoms. The first kappa shape index (κ1) is 8.83. The molecule has 0 radical (unpaired) electrons. The SMILES string of the molecule is c1ncc2[nH]c(C3CCCCC3)nc2n1. The standard InChI is InChI=1S/C11H14N4/c1-2-4-8(5-3-1)10-14-9-6-12-7-13-11(9)15-10/h6-8H,1-5H2,(H,12,13,14,15). The van der Waals surface area contributed by atoms with E-state index >= 15 is 0 Å². The molecule has 2 aromatic heterocycles. The maximum Gasteiger partial charge on any atom is 0.180 e. The molecule has 2 heterocycles. The zero-order chi connectivity index (χ0) is 10.1. The molecule has 0 amide bonds. The van der Waals surface area contributed by atoms with Gasteiger partial charge >= 0.3 is 0 Å². The second kappa shape index (κ2) is 3.61. The van der Waals surface area contributed by atoms with Crippen LogP contribution in [-0.4, -0.2) is 19.9 Å². The Bertz CT molecular complexity index is 423. The highest BCUT2D eigenvalue weighted by Crippen LogP contribution is 2.31. The van der Waals surface area contributed by atoms with E-state index in [0.29, 0.717) is 5.92 Å². The van der Waals surface area contributed by atoms with Crippen molar-refractivity contribution < 1.29 is 0 Å². The molecule has 1 saturated carbocycles. The first-order valence-electron chi connectivity index (χ1n) is 5.59. The molecule has 0 aromatic carbocycles. The van der Waals surface area contributed by atoms with Gasteiger partial charge in [-0.15, -0.1) is 0 Å². The molecule has 78 valence electrons. The highest BCUT2D eigenvalue weighted by atomic mass is 15.0. The summed E-state index contributed by atoms with van der Waals surface area (Å²) in [6.07, 6.45) is 9.88. The summed E-state index contributed by atoms with van der Waals surface area (Å²) in [7, 11) is 0. The molecule has 3 rings (SSSR count). The minimum absolute atomic E-state index is 0.605. The monoisotopic (exact) mass is 202 g/mol. The maximum absolute atomic E-state index is 4.53. The number of rotatable bonds is 1. The van der Waals surface area contributed by atoms with Crippen LogP contribution in [0.3, 0.4) is 0 Å². The van der Waals surface area contributed by atoms with Crippen molar-refractivity contribution in [3.63, 3.8) is 0 Å². The van der Waals surface area contributed by atoms with Crippen LogP contribution in [0, 0.1) is 0 Å². The van der Waals surface area contributed by atoms with Crippen molar-refractivity contribution in [1.29, 1.82) is 0 Å². The van der Waals surface area contributed by atoms with E-state index in [2.05, 4.69) is 19.9 Å². The van der Waals surface area contributed by atoms with Crippen LogP contribution in [0.25, 0.3) is 11.2 Å². The van der Waals surface area contributed by atoms with Crippen LogP contribution in [-0.2, 0) is 0 Å². The lowest BCUT2D eigenvalue weighted by Crippen LogP contribution is -2.05. The lowest BCUT2D eigenvalue weighted by atomic mass is 9.89. The molecule has 1 aliphatic carbocycles. The van der Waals surface area contributed by atoms with Crippen LogP contribution in [0.15, 0.2) is 12.5 Å². The number of aromatic nitrogens is 4. The molecule has 1 N–H and O–H groups in total. The van der Waals surface area contributed by atoms with Crippen LogP contribution in [0.5, 0.6) is 0 Å². The van der Waals surface area contributed by atoms with Gasteiger partial charge in [0.2, 0.25) is 0 Å². The summed E-state index contributed by atoms with van der Waals surface area (Å²) in [6, 6.07) is 0. The Balaban J connectivity index is 1.96. The lowest BCUT2D eigenvalue weighted by molar-refractivity contribution is 0.431. The largest absolute Gasteiger partial charge is 0.339 e. The van der Waals surface area contributed by atoms with E-state index < -0.39 is 0 Å². The number of fused-ring (bicyclic) bond motifs is 1. The first-order chi connectivity index (χ1) is 7.43. The van der Waals surface area contributed by atoms with Gasteiger partial charge in [-0.3, -0.25) is 0 Å². The molecule has 15 heavy (non-hydrogen) atoms. The van der Waals surface area contributed by atoms with Crippen molar-refractivity contribution >= 4 is 11.2 Å². The molecule has 1 aliphatic rings. The smallest absolute Gasteiger partial charge is 0.180 e. The minimum atomic E-state index is 0.605. The average Bonchev–Trinajstić information content (AvgIpc) is 2.74.